The van der Waals surface area contributed by atoms with Gasteiger partial charge in [-0.15, -0.1) is 0 Å². The van der Waals surface area contributed by atoms with Crippen molar-refractivity contribution in [3.8, 4) is 0 Å². The quantitative estimate of drug-likeness (QED) is 0.0314. The second-order valence-corrected chi connectivity index (χ2v) is 19.3. The van der Waals surface area contributed by atoms with Crippen LogP contribution in [0.4, 0.5) is 0 Å². The largest absolute Gasteiger partial charge is 0.394 e. The van der Waals surface area contributed by atoms with E-state index in [4.69, 9.17) is 28.4 Å². The third kappa shape index (κ3) is 21.5. The van der Waals surface area contributed by atoms with Crippen LogP contribution >= 0.6 is 0 Å². The highest BCUT2D eigenvalue weighted by molar-refractivity contribution is 5.76. The summed E-state index contributed by atoms with van der Waals surface area (Å²) in [6.45, 7) is 1.65. The molecule has 0 radical (unpaired) electrons. The van der Waals surface area contributed by atoms with Gasteiger partial charge in [-0.2, -0.15) is 0 Å². The van der Waals surface area contributed by atoms with Crippen molar-refractivity contribution < 1.29 is 89.4 Å². The minimum absolute atomic E-state index is 0.248. The van der Waals surface area contributed by atoms with Gasteiger partial charge in [-0.3, -0.25) is 4.79 Å². The fraction of sp³-hybridized carbons (Fsp3) is 0.940. The summed E-state index contributed by atoms with van der Waals surface area (Å²) in [5.41, 5.74) is 0. The first-order valence-electron chi connectivity index (χ1n) is 26.4. The van der Waals surface area contributed by atoms with Crippen molar-refractivity contribution in [1.82, 2.24) is 5.32 Å². The smallest absolute Gasteiger partial charge is 0.220 e. The van der Waals surface area contributed by atoms with Crippen LogP contribution in [0.15, 0.2) is 12.2 Å². The fourth-order valence-electron chi connectivity index (χ4n) is 9.13. The van der Waals surface area contributed by atoms with Crippen LogP contribution in [-0.4, -0.2) is 193 Å². The number of carbonyl (C=O) groups excluding carboxylic acids is 1. The first-order chi connectivity index (χ1) is 33.3. The summed E-state index contributed by atoms with van der Waals surface area (Å²) in [6.07, 6.45) is 3.79. The molecule has 0 aromatic carbocycles. The lowest BCUT2D eigenvalue weighted by molar-refractivity contribution is -0.379. The Balaban J connectivity index is 1.52. The van der Waals surface area contributed by atoms with Crippen molar-refractivity contribution in [1.29, 1.82) is 0 Å². The van der Waals surface area contributed by atoms with Crippen LogP contribution in [0.2, 0.25) is 0 Å². The van der Waals surface area contributed by atoms with E-state index in [1.807, 2.05) is 6.08 Å². The number of carbonyl (C=O) groups is 1. The number of hydrogen-bond acceptors (Lipinski definition) is 18. The third-order valence-electron chi connectivity index (χ3n) is 13.6. The average molecular weight is 996 g/mol. The Kier molecular flexibility index (Phi) is 31.9. The zero-order valence-electron chi connectivity index (χ0n) is 41.5. The SMILES string of the molecule is CCCCCCCC/C=C/C(O)C(COC1OC(CO)C(OC2OC(CO)C(OC3OC(CO)C(O)C(O)C3O)C(O)C2O)C(O)C1O)NC(=O)CCCCCCCCCCCCCCCCCC. The second kappa shape index (κ2) is 35.6. The Bertz CT molecular complexity index is 1330. The Morgan fingerprint density at radius 3 is 1.36 bits per heavy atom. The molecule has 3 aliphatic heterocycles. The molecule has 0 aromatic heterocycles. The molecule has 69 heavy (non-hydrogen) atoms. The molecule has 19 heteroatoms. The van der Waals surface area contributed by atoms with Crippen LogP contribution in [0.3, 0.4) is 0 Å². The molecule has 17 unspecified atom stereocenters. The van der Waals surface area contributed by atoms with Crippen LogP contribution < -0.4 is 5.32 Å². The van der Waals surface area contributed by atoms with Gasteiger partial charge in [0, 0.05) is 6.42 Å². The Morgan fingerprint density at radius 2 is 0.899 bits per heavy atom. The highest BCUT2D eigenvalue weighted by atomic mass is 16.8. The maximum Gasteiger partial charge on any atom is 0.220 e. The number of hydrogen-bond donors (Lipinski definition) is 12. The first-order valence-corrected chi connectivity index (χ1v) is 26.4. The van der Waals surface area contributed by atoms with E-state index in [1.54, 1.807) is 6.08 Å². The van der Waals surface area contributed by atoms with Gasteiger partial charge < -0.3 is 89.9 Å². The predicted octanol–water partition coefficient (Wildman–Crippen LogP) is 2.26. The van der Waals surface area contributed by atoms with E-state index < -0.39 is 124 Å². The maximum atomic E-state index is 13.2. The number of unbranched alkanes of at least 4 members (excludes halogenated alkanes) is 21. The summed E-state index contributed by atoms with van der Waals surface area (Å²) in [6, 6.07) is -0.963. The molecule has 1 amide bonds. The average Bonchev–Trinajstić information content (AvgIpc) is 3.34. The van der Waals surface area contributed by atoms with E-state index in [0.29, 0.717) is 6.42 Å². The van der Waals surface area contributed by atoms with Crippen molar-refractivity contribution in [2.24, 2.45) is 0 Å². The van der Waals surface area contributed by atoms with E-state index >= 15 is 0 Å². The maximum absolute atomic E-state index is 13.2. The Hall–Kier alpha value is -1.47. The lowest BCUT2D eigenvalue weighted by atomic mass is 9.96. The molecule has 3 fully saturated rings. The molecule has 3 rings (SSSR count). The van der Waals surface area contributed by atoms with Gasteiger partial charge >= 0.3 is 0 Å². The third-order valence-corrected chi connectivity index (χ3v) is 13.6. The molecule has 3 heterocycles. The number of rotatable bonds is 37. The number of amides is 1. The summed E-state index contributed by atoms with van der Waals surface area (Å²) in [5, 5.41) is 119. The van der Waals surface area contributed by atoms with Gasteiger partial charge in [0.1, 0.15) is 73.2 Å². The van der Waals surface area contributed by atoms with Crippen LogP contribution in [0.5, 0.6) is 0 Å². The zero-order chi connectivity index (χ0) is 50.6. The number of aliphatic hydroxyl groups is 11. The van der Waals surface area contributed by atoms with E-state index in [9.17, 15) is 61.0 Å². The monoisotopic (exact) mass is 996 g/mol. The van der Waals surface area contributed by atoms with Gasteiger partial charge in [-0.1, -0.05) is 154 Å². The van der Waals surface area contributed by atoms with Gasteiger partial charge in [0.15, 0.2) is 18.9 Å². The van der Waals surface area contributed by atoms with Crippen LogP contribution in [0, 0.1) is 0 Å². The molecular formula is C50H93NO18. The second-order valence-electron chi connectivity index (χ2n) is 19.3. The fourth-order valence-corrected chi connectivity index (χ4v) is 9.13. The van der Waals surface area contributed by atoms with Crippen molar-refractivity contribution in [3.05, 3.63) is 12.2 Å². The van der Waals surface area contributed by atoms with Crippen molar-refractivity contribution in [3.63, 3.8) is 0 Å². The molecule has 0 bridgehead atoms. The number of allylic oxidation sites excluding steroid dienone is 1. The lowest BCUT2D eigenvalue weighted by Gasteiger charge is -2.48. The molecule has 0 saturated carbocycles. The van der Waals surface area contributed by atoms with Crippen LogP contribution in [0.25, 0.3) is 0 Å². The Labute approximate surface area is 410 Å². The first kappa shape index (κ1) is 61.8. The summed E-state index contributed by atoms with van der Waals surface area (Å²) < 4.78 is 34.1. The standard InChI is InChI=1S/C50H93NO18/c1-3-5-7-9-11-13-14-15-16-17-18-19-20-22-24-26-28-38(56)51-33(34(55)27-25-23-21-12-10-8-6-4-2)32-64-48-44(62)41(59)46(36(30-53)66-48)69-50-45(63)42(60)47(37(31-54)67-50)68-49-43(61)40(58)39(57)35(29-52)65-49/h25,27,33-37,39-50,52-55,57-63H,3-24,26,28-32H2,1-2H3,(H,51,56)/b27-25+. The van der Waals surface area contributed by atoms with E-state index in [-0.39, 0.29) is 18.9 Å². The molecular weight excluding hydrogens is 903 g/mol. The highest BCUT2D eigenvalue weighted by Crippen LogP contribution is 2.33. The summed E-state index contributed by atoms with van der Waals surface area (Å²) in [7, 11) is 0. The minimum atomic E-state index is -1.97. The van der Waals surface area contributed by atoms with Crippen LogP contribution in [-0.2, 0) is 33.2 Å². The van der Waals surface area contributed by atoms with Crippen LogP contribution in [0.1, 0.15) is 168 Å². The van der Waals surface area contributed by atoms with Gasteiger partial charge in [0.05, 0.1) is 38.6 Å². The molecule has 0 aromatic rings. The minimum Gasteiger partial charge on any atom is -0.394 e. The van der Waals surface area contributed by atoms with Gasteiger partial charge in [-0.05, 0) is 19.3 Å². The molecule has 406 valence electrons. The van der Waals surface area contributed by atoms with E-state index in [1.165, 1.54) is 89.9 Å². The van der Waals surface area contributed by atoms with E-state index in [0.717, 1.165) is 51.4 Å². The van der Waals surface area contributed by atoms with Gasteiger partial charge in [0.25, 0.3) is 0 Å². The van der Waals surface area contributed by atoms with Crippen molar-refractivity contribution in [2.45, 2.75) is 272 Å². The van der Waals surface area contributed by atoms with E-state index in [2.05, 4.69) is 19.2 Å². The molecule has 3 aliphatic rings. The van der Waals surface area contributed by atoms with Gasteiger partial charge in [0.2, 0.25) is 5.91 Å². The topological polar surface area (TPSA) is 307 Å². The molecule has 3 saturated heterocycles. The Morgan fingerprint density at radius 1 is 0.507 bits per heavy atom. The normalized spacial score (nSPS) is 32.9. The summed E-state index contributed by atoms with van der Waals surface area (Å²) >= 11 is 0. The summed E-state index contributed by atoms with van der Waals surface area (Å²) in [4.78, 5) is 13.2. The summed E-state index contributed by atoms with van der Waals surface area (Å²) in [5.74, 6) is -0.278. The predicted molar refractivity (Wildman–Crippen MR) is 254 cm³/mol. The molecule has 12 N–H and O–H groups in total. The van der Waals surface area contributed by atoms with Crippen molar-refractivity contribution in [2.75, 3.05) is 26.4 Å². The molecule has 0 spiro atoms. The number of ether oxygens (including phenoxy) is 6. The van der Waals surface area contributed by atoms with Crippen molar-refractivity contribution >= 4 is 5.91 Å². The molecule has 17 atom stereocenters. The number of nitrogens with one attached hydrogen (secondary N) is 1. The molecule has 0 aliphatic carbocycles. The number of aliphatic hydroxyl groups excluding tert-OH is 11. The highest BCUT2D eigenvalue weighted by Gasteiger charge is 2.53. The lowest BCUT2D eigenvalue weighted by Crippen LogP contribution is -2.66. The van der Waals surface area contributed by atoms with Gasteiger partial charge in [-0.25, -0.2) is 0 Å². The zero-order valence-corrected chi connectivity index (χ0v) is 41.5. The molecule has 19 nitrogen and oxygen atoms in total.